The van der Waals surface area contributed by atoms with Crippen LogP contribution in [0.15, 0.2) is 42.5 Å². The van der Waals surface area contributed by atoms with Crippen molar-refractivity contribution in [2.24, 2.45) is 0 Å². The van der Waals surface area contributed by atoms with Crippen LogP contribution >= 0.6 is 0 Å². The number of rotatable bonds is 4. The molecule has 2 aliphatic heterocycles. The molecular weight excluding hydrogens is 330 g/mol. The molecule has 5 rings (SSSR count). The number of para-hydroxylation sites is 2. The predicted molar refractivity (Wildman–Crippen MR) is 98.9 cm³/mol. The first-order valence-electron chi connectivity index (χ1n) is 8.99. The van der Waals surface area contributed by atoms with Crippen molar-refractivity contribution in [1.29, 1.82) is 0 Å². The Morgan fingerprint density at radius 1 is 1.04 bits per heavy atom. The molecule has 0 saturated carbocycles. The lowest BCUT2D eigenvalue weighted by Crippen LogP contribution is -2.40. The van der Waals surface area contributed by atoms with Crippen LogP contribution in [0, 0.1) is 0 Å². The molecule has 0 unspecified atom stereocenters. The van der Waals surface area contributed by atoms with Crippen molar-refractivity contribution in [3.05, 3.63) is 48.0 Å². The molecule has 0 bridgehead atoms. The Balaban J connectivity index is 1.43. The fourth-order valence-electron chi connectivity index (χ4n) is 3.85. The van der Waals surface area contributed by atoms with Gasteiger partial charge in [0, 0.05) is 25.2 Å². The summed E-state index contributed by atoms with van der Waals surface area (Å²) in [5, 5.41) is 3.52. The largest absolute Gasteiger partial charge is 0.454 e. The first-order valence-corrected chi connectivity index (χ1v) is 8.99. The number of fused-ring (bicyclic) bond motifs is 2. The highest BCUT2D eigenvalue weighted by molar-refractivity contribution is 5.77. The van der Waals surface area contributed by atoms with Crippen molar-refractivity contribution < 1.29 is 14.2 Å². The Bertz CT molecular complexity index is 898. The van der Waals surface area contributed by atoms with Crippen molar-refractivity contribution >= 4 is 17.0 Å². The van der Waals surface area contributed by atoms with Gasteiger partial charge in [0.2, 0.25) is 12.7 Å². The average molecular weight is 351 g/mol. The Morgan fingerprint density at radius 2 is 1.88 bits per heavy atom. The van der Waals surface area contributed by atoms with Gasteiger partial charge in [-0.05, 0) is 42.7 Å². The third-order valence-electron chi connectivity index (χ3n) is 5.42. The summed E-state index contributed by atoms with van der Waals surface area (Å²) in [6.45, 7) is 2.61. The van der Waals surface area contributed by atoms with Gasteiger partial charge in [-0.2, -0.15) is 0 Å². The normalized spacial score (nSPS) is 18.2. The molecule has 6 heteroatoms. The van der Waals surface area contributed by atoms with E-state index >= 15 is 0 Å². The fraction of sp³-hybridized carbons (Fsp3) is 0.350. The maximum absolute atomic E-state index is 5.63. The Kier molecular flexibility index (Phi) is 3.71. The molecule has 1 saturated heterocycles. The minimum absolute atomic E-state index is 0.0157. The smallest absolute Gasteiger partial charge is 0.231 e. The zero-order chi connectivity index (χ0) is 17.4. The second kappa shape index (κ2) is 6.21. The summed E-state index contributed by atoms with van der Waals surface area (Å²) < 4.78 is 16.7. The monoisotopic (exact) mass is 351 g/mol. The minimum atomic E-state index is -0.0157. The standard InChI is InChI=1S/C20H21N3O3/c1-2-4-16-15(3-1)22-19(23-16)21-12-20(7-9-24-10-8-20)14-5-6-17-18(11-14)26-13-25-17/h1-6,11H,7-10,12-13H2,(H2,21,22,23). The second-order valence-corrected chi connectivity index (χ2v) is 6.92. The number of H-pyrrole nitrogens is 1. The molecule has 0 spiro atoms. The molecule has 0 atom stereocenters. The highest BCUT2D eigenvalue weighted by Gasteiger charge is 2.35. The SMILES string of the molecule is c1ccc2[nH]c(NCC3(c4ccc5c(c4)OCO5)CCOCC3)nc2c1. The van der Waals surface area contributed by atoms with Crippen LogP contribution in [0.2, 0.25) is 0 Å². The van der Waals surface area contributed by atoms with Gasteiger partial charge in [0.15, 0.2) is 11.5 Å². The summed E-state index contributed by atoms with van der Waals surface area (Å²) in [6.07, 6.45) is 1.92. The number of nitrogens with zero attached hydrogens (tertiary/aromatic N) is 1. The van der Waals surface area contributed by atoms with Gasteiger partial charge in [-0.1, -0.05) is 18.2 Å². The molecule has 1 fully saturated rings. The lowest BCUT2D eigenvalue weighted by atomic mass is 9.74. The molecule has 2 aromatic carbocycles. The highest BCUT2D eigenvalue weighted by atomic mass is 16.7. The van der Waals surface area contributed by atoms with E-state index in [1.54, 1.807) is 0 Å². The topological polar surface area (TPSA) is 68.4 Å². The van der Waals surface area contributed by atoms with E-state index in [2.05, 4.69) is 27.4 Å². The molecule has 0 radical (unpaired) electrons. The van der Waals surface area contributed by atoms with E-state index in [0.29, 0.717) is 6.79 Å². The highest BCUT2D eigenvalue weighted by Crippen LogP contribution is 2.41. The molecular formula is C20H21N3O3. The zero-order valence-electron chi connectivity index (χ0n) is 14.5. The molecule has 0 aliphatic carbocycles. The Morgan fingerprint density at radius 3 is 2.77 bits per heavy atom. The van der Waals surface area contributed by atoms with Gasteiger partial charge in [0.25, 0.3) is 0 Å². The molecule has 3 heterocycles. The number of nitrogens with one attached hydrogen (secondary N) is 2. The van der Waals surface area contributed by atoms with Crippen LogP contribution in [0.25, 0.3) is 11.0 Å². The van der Waals surface area contributed by atoms with Gasteiger partial charge in [-0.15, -0.1) is 0 Å². The molecule has 134 valence electrons. The van der Waals surface area contributed by atoms with Crippen molar-refractivity contribution in [3.8, 4) is 11.5 Å². The van der Waals surface area contributed by atoms with E-state index in [1.165, 1.54) is 5.56 Å². The number of ether oxygens (including phenoxy) is 3. The molecule has 2 aliphatic rings. The predicted octanol–water partition coefficient (Wildman–Crippen LogP) is 3.45. The fourth-order valence-corrected chi connectivity index (χ4v) is 3.85. The van der Waals surface area contributed by atoms with E-state index in [1.807, 2.05) is 30.3 Å². The third-order valence-corrected chi connectivity index (χ3v) is 5.42. The van der Waals surface area contributed by atoms with Gasteiger partial charge in [-0.3, -0.25) is 0 Å². The van der Waals surface area contributed by atoms with E-state index < -0.39 is 0 Å². The van der Waals surface area contributed by atoms with E-state index in [-0.39, 0.29) is 5.41 Å². The lowest BCUT2D eigenvalue weighted by Gasteiger charge is -2.38. The van der Waals surface area contributed by atoms with Crippen LogP contribution in [0.5, 0.6) is 11.5 Å². The van der Waals surface area contributed by atoms with Crippen LogP contribution in [-0.2, 0) is 10.2 Å². The third kappa shape index (κ3) is 2.66. The van der Waals surface area contributed by atoms with Crippen LogP contribution in [0.1, 0.15) is 18.4 Å². The first-order chi connectivity index (χ1) is 12.8. The quantitative estimate of drug-likeness (QED) is 0.753. The van der Waals surface area contributed by atoms with Gasteiger partial charge in [0.1, 0.15) is 0 Å². The van der Waals surface area contributed by atoms with E-state index in [4.69, 9.17) is 14.2 Å². The molecule has 0 amide bonds. The molecule has 3 aromatic rings. The summed E-state index contributed by atoms with van der Waals surface area (Å²) in [5.74, 6) is 2.45. The number of aromatic nitrogens is 2. The van der Waals surface area contributed by atoms with Crippen LogP contribution in [0.4, 0.5) is 5.95 Å². The number of hydrogen-bond acceptors (Lipinski definition) is 5. The molecule has 1 aromatic heterocycles. The maximum Gasteiger partial charge on any atom is 0.231 e. The number of benzene rings is 2. The van der Waals surface area contributed by atoms with Gasteiger partial charge >= 0.3 is 0 Å². The number of aromatic amines is 1. The van der Waals surface area contributed by atoms with Crippen molar-refractivity contribution in [2.75, 3.05) is 31.9 Å². The maximum atomic E-state index is 5.63. The number of anilines is 1. The Labute approximate surface area is 151 Å². The summed E-state index contributed by atoms with van der Waals surface area (Å²) >= 11 is 0. The van der Waals surface area contributed by atoms with Gasteiger partial charge in [0.05, 0.1) is 11.0 Å². The summed E-state index contributed by atoms with van der Waals surface area (Å²) in [6, 6.07) is 14.3. The minimum Gasteiger partial charge on any atom is -0.454 e. The van der Waals surface area contributed by atoms with Crippen LogP contribution < -0.4 is 14.8 Å². The lowest BCUT2D eigenvalue weighted by molar-refractivity contribution is 0.0543. The van der Waals surface area contributed by atoms with Gasteiger partial charge in [-0.25, -0.2) is 4.98 Å². The Hall–Kier alpha value is -2.73. The second-order valence-electron chi connectivity index (χ2n) is 6.92. The van der Waals surface area contributed by atoms with Crippen molar-refractivity contribution in [3.63, 3.8) is 0 Å². The first kappa shape index (κ1) is 15.5. The molecule has 2 N–H and O–H groups in total. The van der Waals surface area contributed by atoms with Crippen LogP contribution in [0.3, 0.4) is 0 Å². The summed E-state index contributed by atoms with van der Waals surface area (Å²) in [4.78, 5) is 7.98. The average Bonchev–Trinajstić information content (AvgIpc) is 3.32. The van der Waals surface area contributed by atoms with Gasteiger partial charge < -0.3 is 24.5 Å². The number of hydrogen-bond donors (Lipinski definition) is 2. The van der Waals surface area contributed by atoms with Crippen LogP contribution in [-0.4, -0.2) is 36.5 Å². The van der Waals surface area contributed by atoms with Crippen molar-refractivity contribution in [2.45, 2.75) is 18.3 Å². The van der Waals surface area contributed by atoms with E-state index in [0.717, 1.165) is 61.1 Å². The molecule has 6 nitrogen and oxygen atoms in total. The summed E-state index contributed by atoms with van der Waals surface area (Å²) in [7, 11) is 0. The zero-order valence-corrected chi connectivity index (χ0v) is 14.5. The van der Waals surface area contributed by atoms with Crippen molar-refractivity contribution in [1.82, 2.24) is 9.97 Å². The van der Waals surface area contributed by atoms with E-state index in [9.17, 15) is 0 Å². The number of imidazole rings is 1. The summed E-state index contributed by atoms with van der Waals surface area (Å²) in [5.41, 5.74) is 3.25. The molecule has 26 heavy (non-hydrogen) atoms.